The summed E-state index contributed by atoms with van der Waals surface area (Å²) in [6, 6.07) is 19.7. The lowest BCUT2D eigenvalue weighted by molar-refractivity contribution is 0.0964. The van der Waals surface area contributed by atoms with Gasteiger partial charge in [-0.15, -0.1) is 0 Å². The summed E-state index contributed by atoms with van der Waals surface area (Å²) in [6.45, 7) is 8.04. The van der Waals surface area contributed by atoms with Crippen molar-refractivity contribution >= 4 is 17.6 Å². The first-order valence-corrected chi connectivity index (χ1v) is 16.4. The first-order chi connectivity index (χ1) is 21.0. The highest BCUT2D eigenvalue weighted by Gasteiger charge is 2.54. The third-order valence-corrected chi connectivity index (χ3v) is 11.1. The first-order valence-electron chi connectivity index (χ1n) is 16.4. The number of carbonyl (C=O) groups is 1. The van der Waals surface area contributed by atoms with E-state index in [9.17, 15) is 9.90 Å². The highest BCUT2D eigenvalue weighted by atomic mass is 16.4. The molecule has 4 aliphatic rings. The second kappa shape index (κ2) is 11.6. The molecular weight excluding hydrogens is 534 g/mol. The van der Waals surface area contributed by atoms with E-state index in [-0.39, 0.29) is 17.5 Å². The minimum atomic E-state index is -0.785. The Morgan fingerprint density at radius 3 is 2.44 bits per heavy atom. The van der Waals surface area contributed by atoms with E-state index in [1.165, 1.54) is 28.1 Å². The van der Waals surface area contributed by atoms with E-state index >= 15 is 0 Å². The maximum absolute atomic E-state index is 12.9. The molecule has 43 heavy (non-hydrogen) atoms. The Morgan fingerprint density at radius 1 is 1.00 bits per heavy atom. The summed E-state index contributed by atoms with van der Waals surface area (Å²) in [5, 5.41) is 10.6. The topological polar surface area (TPSA) is 72.8 Å². The quantitative estimate of drug-likeness (QED) is 0.321. The van der Waals surface area contributed by atoms with Crippen molar-refractivity contribution < 1.29 is 9.90 Å². The number of para-hydroxylation sites is 1. The lowest BCUT2D eigenvalue weighted by atomic mass is 9.69. The van der Waals surface area contributed by atoms with Gasteiger partial charge in [-0.2, -0.15) is 0 Å². The number of likely N-dealkylation sites (tertiary alicyclic amines) is 1. The highest BCUT2D eigenvalue weighted by Crippen LogP contribution is 2.56. The lowest BCUT2D eigenvalue weighted by Crippen LogP contribution is -2.56. The molecule has 7 nitrogen and oxygen atoms in total. The molecule has 226 valence electrons. The van der Waals surface area contributed by atoms with Crippen molar-refractivity contribution in [3.8, 4) is 0 Å². The summed E-state index contributed by atoms with van der Waals surface area (Å²) in [5.74, 6) is 1.92. The van der Waals surface area contributed by atoms with Gasteiger partial charge >= 0.3 is 6.09 Å². The summed E-state index contributed by atoms with van der Waals surface area (Å²) >= 11 is 0. The highest BCUT2D eigenvalue weighted by molar-refractivity contribution is 5.76. The van der Waals surface area contributed by atoms with Crippen molar-refractivity contribution in [3.05, 3.63) is 83.3 Å². The summed E-state index contributed by atoms with van der Waals surface area (Å²) in [4.78, 5) is 29.6. The van der Waals surface area contributed by atoms with Gasteiger partial charge < -0.3 is 14.9 Å². The molecule has 1 saturated heterocycles. The molecule has 2 unspecified atom stereocenters. The number of rotatable bonds is 7. The zero-order valence-corrected chi connectivity index (χ0v) is 25.7. The van der Waals surface area contributed by atoms with Crippen LogP contribution in [0.2, 0.25) is 0 Å². The Morgan fingerprint density at radius 2 is 1.72 bits per heavy atom. The van der Waals surface area contributed by atoms with Gasteiger partial charge in [-0.25, -0.2) is 14.8 Å². The van der Waals surface area contributed by atoms with Gasteiger partial charge in [-0.1, -0.05) is 75.2 Å². The molecule has 2 atom stereocenters. The number of piperidine rings is 1. The Bertz CT molecular complexity index is 1450. The number of aryl methyl sites for hydroxylation is 1. The number of hydrogen-bond acceptors (Lipinski definition) is 5. The van der Waals surface area contributed by atoms with Crippen molar-refractivity contribution in [1.29, 1.82) is 0 Å². The van der Waals surface area contributed by atoms with Gasteiger partial charge in [-0.3, -0.25) is 4.90 Å². The normalized spacial score (nSPS) is 23.2. The third kappa shape index (κ3) is 4.99. The Labute approximate surface area is 255 Å². The number of anilines is 2. The molecule has 2 aliphatic carbocycles. The molecule has 3 aromatic rings. The predicted molar refractivity (Wildman–Crippen MR) is 170 cm³/mol. The third-order valence-electron chi connectivity index (χ3n) is 11.1. The monoisotopic (exact) mass is 579 g/mol. The van der Waals surface area contributed by atoms with Crippen LogP contribution in [0.25, 0.3) is 0 Å². The molecule has 3 heterocycles. The van der Waals surface area contributed by atoms with Crippen LogP contribution < -0.4 is 4.90 Å². The molecule has 1 amide bonds. The molecule has 1 saturated carbocycles. The van der Waals surface area contributed by atoms with Crippen LogP contribution in [0.3, 0.4) is 0 Å². The molecule has 1 spiro atoms. The second-order valence-corrected chi connectivity index (χ2v) is 13.6. The van der Waals surface area contributed by atoms with Gasteiger partial charge in [0.2, 0.25) is 0 Å². The predicted octanol–water partition coefficient (Wildman–Crippen LogP) is 7.14. The van der Waals surface area contributed by atoms with E-state index in [1.807, 2.05) is 0 Å². The number of hydrogen-bond donors (Lipinski definition) is 1. The summed E-state index contributed by atoms with van der Waals surface area (Å²) in [6.07, 6.45) is 9.18. The number of benzene rings is 2. The van der Waals surface area contributed by atoms with Crippen LogP contribution in [0.5, 0.6) is 0 Å². The molecule has 0 radical (unpaired) electrons. The molecule has 1 N–H and O–H groups in total. The average Bonchev–Trinajstić information content (AvgIpc) is 3.76. The Balaban J connectivity index is 1.31. The van der Waals surface area contributed by atoms with Crippen LogP contribution in [0.4, 0.5) is 16.3 Å². The smallest absolute Gasteiger partial charge is 0.407 e. The average molecular weight is 580 g/mol. The lowest BCUT2D eigenvalue weighted by Gasteiger charge is -2.47. The minimum absolute atomic E-state index is 0.0205. The number of aromatic nitrogens is 2. The molecule has 1 aromatic heterocycles. The van der Waals surface area contributed by atoms with Crippen LogP contribution in [-0.4, -0.2) is 62.7 Å². The van der Waals surface area contributed by atoms with Crippen molar-refractivity contribution in [2.24, 2.45) is 5.92 Å². The van der Waals surface area contributed by atoms with Crippen LogP contribution in [0, 0.1) is 5.92 Å². The van der Waals surface area contributed by atoms with Gasteiger partial charge in [0.15, 0.2) is 0 Å². The first kappa shape index (κ1) is 28.3. The van der Waals surface area contributed by atoms with Crippen LogP contribution in [0.15, 0.2) is 60.9 Å². The van der Waals surface area contributed by atoms with E-state index in [2.05, 4.69) is 78.2 Å². The van der Waals surface area contributed by atoms with Crippen LogP contribution >= 0.6 is 0 Å². The molecular formula is C36H45N5O2. The van der Waals surface area contributed by atoms with E-state index in [0.29, 0.717) is 18.4 Å². The van der Waals surface area contributed by atoms with Crippen molar-refractivity contribution in [3.63, 3.8) is 0 Å². The standard InChI is InChI=1S/C36H45N5O2/c1-25(2)28-16-17-30-33(28)34(38-24-37-30)41-31-15-9-8-14-29(31)36(32(41)23-40(35(42)43)27-12-6-7-13-27)18-20-39(21-19-36)22-26-10-4-3-5-11-26/h3-5,8-11,14-15,24-25,27-28,32H,6-7,12-13,16-23H2,1-2H3,(H,42,43). The van der Waals surface area contributed by atoms with Gasteiger partial charge in [0.1, 0.15) is 12.1 Å². The van der Waals surface area contributed by atoms with Gasteiger partial charge in [0.25, 0.3) is 0 Å². The fourth-order valence-corrected chi connectivity index (χ4v) is 8.85. The minimum Gasteiger partial charge on any atom is -0.465 e. The zero-order chi connectivity index (χ0) is 29.6. The number of amides is 1. The summed E-state index contributed by atoms with van der Waals surface area (Å²) in [7, 11) is 0. The number of fused-ring (bicyclic) bond motifs is 3. The maximum atomic E-state index is 12.9. The van der Waals surface area contributed by atoms with E-state index in [0.717, 1.165) is 76.8 Å². The fourth-order valence-electron chi connectivity index (χ4n) is 8.85. The molecule has 0 bridgehead atoms. The van der Waals surface area contributed by atoms with E-state index < -0.39 is 6.09 Å². The molecule has 2 aliphatic heterocycles. The molecule has 2 fully saturated rings. The zero-order valence-electron chi connectivity index (χ0n) is 25.7. The molecule has 2 aromatic carbocycles. The van der Waals surface area contributed by atoms with E-state index in [4.69, 9.17) is 9.97 Å². The SMILES string of the molecule is CC(C)C1CCc2ncnc(N3c4ccccc4C4(CCN(Cc5ccccc5)CC4)C3CN(C(=O)O)C3CCCC3)c21. The number of nitrogens with zero attached hydrogens (tertiary/aromatic N) is 5. The van der Waals surface area contributed by atoms with Crippen LogP contribution in [0.1, 0.15) is 87.1 Å². The van der Waals surface area contributed by atoms with Crippen molar-refractivity contribution in [2.45, 2.75) is 95.2 Å². The van der Waals surface area contributed by atoms with Gasteiger partial charge in [-0.05, 0) is 80.6 Å². The van der Waals surface area contributed by atoms with Crippen molar-refractivity contribution in [1.82, 2.24) is 19.8 Å². The molecule has 7 rings (SSSR count). The Kier molecular flexibility index (Phi) is 7.62. The van der Waals surface area contributed by atoms with E-state index in [1.54, 1.807) is 11.2 Å². The largest absolute Gasteiger partial charge is 0.465 e. The molecule has 7 heteroatoms. The van der Waals surface area contributed by atoms with Gasteiger partial charge in [0, 0.05) is 41.5 Å². The van der Waals surface area contributed by atoms with Gasteiger partial charge in [0.05, 0.1) is 6.04 Å². The maximum Gasteiger partial charge on any atom is 0.407 e. The van der Waals surface area contributed by atoms with Crippen molar-refractivity contribution in [2.75, 3.05) is 24.5 Å². The fraction of sp³-hybridized carbons (Fsp3) is 0.528. The van der Waals surface area contributed by atoms with Crippen LogP contribution in [-0.2, 0) is 18.4 Å². The summed E-state index contributed by atoms with van der Waals surface area (Å²) < 4.78 is 0. The Hall–Kier alpha value is -3.45. The summed E-state index contributed by atoms with van der Waals surface area (Å²) in [5.41, 5.74) is 6.22. The second-order valence-electron chi connectivity index (χ2n) is 13.6. The number of carboxylic acid groups (broad SMARTS) is 1.